The van der Waals surface area contributed by atoms with Crippen molar-refractivity contribution in [2.45, 2.75) is 38.5 Å². The van der Waals surface area contributed by atoms with Gasteiger partial charge in [-0.15, -0.1) is 0 Å². The molecule has 0 aromatic heterocycles. The van der Waals surface area contributed by atoms with Crippen molar-refractivity contribution in [2.24, 2.45) is 0 Å². The standard InChI is InChI=1S/C55H49NO3P2/c1-54(2,40-20-18-30-48(36-40)60(57,44-22-10-6-11-23-44)45-24-12-7-13-25-45)42-32-34-50-52(38-42)59-53-39-43(33-35-51(53)56(50)5)55(3,4)41-21-19-31-49(37-41)61(58,46-26-14-8-15-27-46)47-28-16-9-17-29-47/h6-39H,1-5H3. The molecule has 0 bridgehead atoms. The molecular formula is C55H49NO3P2. The van der Waals surface area contributed by atoms with E-state index in [1.165, 1.54) is 0 Å². The first-order valence-electron chi connectivity index (χ1n) is 20.8. The van der Waals surface area contributed by atoms with E-state index in [0.717, 1.165) is 77.0 Å². The van der Waals surface area contributed by atoms with Crippen LogP contribution in [0.3, 0.4) is 0 Å². The fraction of sp³-hybridized carbons (Fsp3) is 0.127. The number of rotatable bonds is 10. The molecule has 0 aliphatic carbocycles. The first kappa shape index (κ1) is 40.2. The van der Waals surface area contributed by atoms with Crippen molar-refractivity contribution in [3.05, 3.63) is 229 Å². The van der Waals surface area contributed by atoms with Crippen LogP contribution in [0.4, 0.5) is 11.4 Å². The van der Waals surface area contributed by atoms with Crippen molar-refractivity contribution < 1.29 is 13.9 Å². The van der Waals surface area contributed by atoms with E-state index in [-0.39, 0.29) is 0 Å². The van der Waals surface area contributed by atoms with Crippen LogP contribution in [0.15, 0.2) is 206 Å². The van der Waals surface area contributed by atoms with Crippen LogP contribution in [-0.4, -0.2) is 7.05 Å². The van der Waals surface area contributed by atoms with E-state index in [4.69, 9.17) is 4.74 Å². The molecule has 0 radical (unpaired) electrons. The predicted molar refractivity (Wildman–Crippen MR) is 257 cm³/mol. The summed E-state index contributed by atoms with van der Waals surface area (Å²) in [6, 6.07) is 68.8. The Morgan fingerprint density at radius 2 is 0.656 bits per heavy atom. The Hall–Kier alpha value is -6.18. The van der Waals surface area contributed by atoms with Crippen molar-refractivity contribution in [1.82, 2.24) is 0 Å². The summed E-state index contributed by atoms with van der Waals surface area (Å²) >= 11 is 0. The molecule has 0 saturated heterocycles. The normalized spacial score (nSPS) is 12.9. The van der Waals surface area contributed by atoms with Gasteiger partial charge >= 0.3 is 0 Å². The lowest BCUT2D eigenvalue weighted by Gasteiger charge is -2.34. The maximum Gasteiger partial charge on any atom is 0.171 e. The van der Waals surface area contributed by atoms with Gasteiger partial charge in [0.1, 0.15) is 0 Å². The van der Waals surface area contributed by atoms with Gasteiger partial charge in [-0.3, -0.25) is 0 Å². The first-order valence-corrected chi connectivity index (χ1v) is 24.2. The molecule has 1 heterocycles. The topological polar surface area (TPSA) is 46.6 Å². The van der Waals surface area contributed by atoms with Crippen molar-refractivity contribution in [3.8, 4) is 11.5 Å². The van der Waals surface area contributed by atoms with Crippen molar-refractivity contribution >= 4 is 57.5 Å². The van der Waals surface area contributed by atoms with Crippen LogP contribution in [-0.2, 0) is 20.0 Å². The Morgan fingerprint density at radius 1 is 0.361 bits per heavy atom. The molecule has 302 valence electrons. The van der Waals surface area contributed by atoms with Crippen molar-refractivity contribution in [2.75, 3.05) is 11.9 Å². The summed E-state index contributed by atoms with van der Waals surface area (Å²) < 4.78 is 37.5. The van der Waals surface area contributed by atoms with Crippen molar-refractivity contribution in [1.29, 1.82) is 0 Å². The van der Waals surface area contributed by atoms with Crippen LogP contribution in [0.2, 0.25) is 0 Å². The van der Waals surface area contributed by atoms with Gasteiger partial charge in [0, 0.05) is 49.7 Å². The van der Waals surface area contributed by atoms with Crippen LogP contribution in [0, 0.1) is 0 Å². The minimum absolute atomic E-state index is 0.445. The van der Waals surface area contributed by atoms with E-state index in [2.05, 4.69) is 100 Å². The Labute approximate surface area is 360 Å². The molecule has 0 fully saturated rings. The molecule has 1 aliphatic heterocycles. The molecule has 1 aliphatic rings. The molecule has 0 N–H and O–H groups in total. The molecular weight excluding hydrogens is 785 g/mol. The minimum atomic E-state index is -3.15. The molecule has 0 saturated carbocycles. The quantitative estimate of drug-likeness (QED) is 0.129. The SMILES string of the molecule is CN1c2ccc(C(C)(C)c3cccc(P(=O)(c4ccccc4)c4ccccc4)c3)cc2Oc2cc(C(C)(C)c3cccc(P(=O)(c4ccccc4)c4ccccc4)c3)ccc21. The highest BCUT2D eigenvalue weighted by molar-refractivity contribution is 7.85. The summed E-state index contributed by atoms with van der Waals surface area (Å²) in [5, 5.41) is 4.87. The molecule has 6 heteroatoms. The summed E-state index contributed by atoms with van der Waals surface area (Å²) in [6.45, 7) is 8.86. The Morgan fingerprint density at radius 3 is 0.984 bits per heavy atom. The van der Waals surface area contributed by atoms with Gasteiger partial charge in [-0.25, -0.2) is 0 Å². The number of nitrogens with zero attached hydrogens (tertiary/aromatic N) is 1. The third kappa shape index (κ3) is 6.99. The van der Waals surface area contributed by atoms with Crippen LogP contribution < -0.4 is 41.5 Å². The molecule has 0 amide bonds. The highest BCUT2D eigenvalue weighted by Gasteiger charge is 2.35. The van der Waals surface area contributed by atoms with Gasteiger partial charge < -0.3 is 18.8 Å². The summed E-state index contributed by atoms with van der Waals surface area (Å²) in [5.41, 5.74) is 5.38. The maximum atomic E-state index is 15.3. The molecule has 9 rings (SSSR count). The van der Waals surface area contributed by atoms with E-state index in [0.29, 0.717) is 0 Å². The Bertz CT molecular complexity index is 2680. The first-order chi connectivity index (χ1) is 29.4. The Kier molecular flexibility index (Phi) is 10.4. The summed E-state index contributed by atoms with van der Waals surface area (Å²) in [6.07, 6.45) is 0. The number of fused-ring (bicyclic) bond motifs is 2. The number of anilines is 2. The van der Waals surface area contributed by atoms with E-state index in [9.17, 15) is 0 Å². The zero-order valence-electron chi connectivity index (χ0n) is 35.2. The second kappa shape index (κ2) is 15.7. The van der Waals surface area contributed by atoms with Gasteiger partial charge in [-0.1, -0.05) is 198 Å². The highest BCUT2D eigenvalue weighted by atomic mass is 31.2. The molecule has 0 unspecified atom stereocenters. The number of hydrogen-bond acceptors (Lipinski definition) is 4. The summed E-state index contributed by atoms with van der Waals surface area (Å²) in [7, 11) is -4.23. The zero-order chi connectivity index (χ0) is 42.4. The third-order valence-electron chi connectivity index (χ3n) is 12.6. The van der Waals surface area contributed by atoms with E-state index >= 15 is 9.13 Å². The Balaban J connectivity index is 1.05. The second-order valence-corrected chi connectivity index (χ2v) is 22.5. The number of ether oxygens (including phenoxy) is 1. The lowest BCUT2D eigenvalue weighted by Crippen LogP contribution is -2.27. The van der Waals surface area contributed by atoms with Gasteiger partial charge in [0.15, 0.2) is 25.8 Å². The predicted octanol–water partition coefficient (Wildman–Crippen LogP) is 11.5. The maximum absolute atomic E-state index is 15.3. The second-order valence-electron chi connectivity index (χ2n) is 16.9. The van der Waals surface area contributed by atoms with Crippen LogP contribution in [0.1, 0.15) is 49.9 Å². The molecule has 8 aromatic carbocycles. The van der Waals surface area contributed by atoms with Crippen LogP contribution in [0.25, 0.3) is 0 Å². The van der Waals surface area contributed by atoms with Crippen LogP contribution >= 0.6 is 14.3 Å². The smallest absolute Gasteiger partial charge is 0.171 e. The molecule has 0 spiro atoms. The van der Waals surface area contributed by atoms with Gasteiger partial charge in [-0.05, 0) is 58.7 Å². The lowest BCUT2D eigenvalue weighted by atomic mass is 9.77. The number of hydrogen-bond donors (Lipinski definition) is 0. The van der Waals surface area contributed by atoms with Gasteiger partial charge in [-0.2, -0.15) is 0 Å². The van der Waals surface area contributed by atoms with Crippen LogP contribution in [0.5, 0.6) is 11.5 Å². The monoisotopic (exact) mass is 833 g/mol. The van der Waals surface area contributed by atoms with Gasteiger partial charge in [0.05, 0.1) is 11.4 Å². The minimum Gasteiger partial charge on any atom is -0.453 e. The third-order valence-corrected chi connectivity index (χ3v) is 18.8. The highest BCUT2D eigenvalue weighted by Crippen LogP contribution is 2.50. The van der Waals surface area contributed by atoms with E-state index in [1.807, 2.05) is 146 Å². The van der Waals surface area contributed by atoms with E-state index < -0.39 is 25.1 Å². The van der Waals surface area contributed by atoms with Crippen molar-refractivity contribution in [3.63, 3.8) is 0 Å². The zero-order valence-corrected chi connectivity index (χ0v) is 37.0. The molecule has 61 heavy (non-hydrogen) atoms. The molecule has 4 nitrogen and oxygen atoms in total. The number of benzene rings is 8. The van der Waals surface area contributed by atoms with Gasteiger partial charge in [0.25, 0.3) is 0 Å². The molecule has 0 atom stereocenters. The molecule has 8 aromatic rings. The fourth-order valence-electron chi connectivity index (χ4n) is 8.73. The average molecular weight is 834 g/mol. The summed E-state index contributed by atoms with van der Waals surface area (Å²) in [5.74, 6) is 1.55. The van der Waals surface area contributed by atoms with E-state index in [1.54, 1.807) is 0 Å². The average Bonchev–Trinajstić information content (AvgIpc) is 3.32. The lowest BCUT2D eigenvalue weighted by molar-refractivity contribution is 0.470. The largest absolute Gasteiger partial charge is 0.453 e. The fourth-order valence-corrected chi connectivity index (χ4v) is 14.1. The van der Waals surface area contributed by atoms with Gasteiger partial charge in [0.2, 0.25) is 0 Å². The summed E-state index contributed by atoms with van der Waals surface area (Å²) in [4.78, 5) is 2.19.